The minimum Gasteiger partial charge on any atom is -0.481 e. The Kier molecular flexibility index (Phi) is 4.94. The summed E-state index contributed by atoms with van der Waals surface area (Å²) in [4.78, 5) is 10.3. The van der Waals surface area contributed by atoms with Crippen LogP contribution < -0.4 is 0 Å². The minimum absolute atomic E-state index is 0.0593. The van der Waals surface area contributed by atoms with Crippen molar-refractivity contribution in [3.63, 3.8) is 0 Å². The molecule has 1 radical (unpaired) electrons. The lowest BCUT2D eigenvalue weighted by atomic mass is 10.0. The highest BCUT2D eigenvalue weighted by Gasteiger charge is 2.13. The molecule has 0 saturated heterocycles. The van der Waals surface area contributed by atoms with Crippen molar-refractivity contribution in [2.24, 2.45) is 5.92 Å². The van der Waals surface area contributed by atoms with Crippen LogP contribution in [0.15, 0.2) is 0 Å². The Morgan fingerprint density at radius 3 is 2.50 bits per heavy atom. The average Bonchev–Trinajstić information content (AvgIpc) is 1.89. The van der Waals surface area contributed by atoms with E-state index in [-0.39, 0.29) is 12.5 Å². The molecule has 0 aromatic carbocycles. The zero-order valence-electron chi connectivity index (χ0n) is 5.92. The molecule has 0 amide bonds. The van der Waals surface area contributed by atoms with Crippen LogP contribution in [0.5, 0.6) is 0 Å². The first-order chi connectivity index (χ1) is 4.72. The van der Waals surface area contributed by atoms with Gasteiger partial charge in [0.05, 0.1) is 5.92 Å². The number of aliphatic hydroxyl groups is 1. The summed E-state index contributed by atoms with van der Waals surface area (Å²) < 4.78 is 0. The Balaban J connectivity index is 3.50. The van der Waals surface area contributed by atoms with E-state index in [4.69, 9.17) is 10.2 Å². The third-order valence-corrected chi connectivity index (χ3v) is 1.41. The Morgan fingerprint density at radius 1 is 1.60 bits per heavy atom. The molecule has 1 atom stereocenters. The number of carboxylic acid groups (broad SMARTS) is 1. The standard InChI is InChI=1S/C7H13O3/c1-2-6(7(9)10)4-3-5-8/h6,8H,1-5H2,(H,9,10). The average molecular weight is 145 g/mol. The summed E-state index contributed by atoms with van der Waals surface area (Å²) in [5.74, 6) is -1.20. The van der Waals surface area contributed by atoms with Gasteiger partial charge in [-0.05, 0) is 19.3 Å². The predicted molar refractivity (Wildman–Crippen MR) is 37.4 cm³/mol. The summed E-state index contributed by atoms with van der Waals surface area (Å²) in [5, 5.41) is 16.9. The summed E-state index contributed by atoms with van der Waals surface area (Å²) in [7, 11) is 0. The lowest BCUT2D eigenvalue weighted by Crippen LogP contribution is -2.12. The second kappa shape index (κ2) is 5.23. The van der Waals surface area contributed by atoms with Gasteiger partial charge in [0.1, 0.15) is 0 Å². The molecule has 0 spiro atoms. The van der Waals surface area contributed by atoms with E-state index in [1.165, 1.54) is 0 Å². The van der Waals surface area contributed by atoms with Gasteiger partial charge in [0.15, 0.2) is 0 Å². The number of aliphatic carboxylic acids is 1. The van der Waals surface area contributed by atoms with Gasteiger partial charge in [0, 0.05) is 6.61 Å². The molecule has 2 N–H and O–H groups in total. The highest BCUT2D eigenvalue weighted by atomic mass is 16.4. The smallest absolute Gasteiger partial charge is 0.306 e. The first kappa shape index (κ1) is 9.43. The maximum atomic E-state index is 10.3. The lowest BCUT2D eigenvalue weighted by molar-refractivity contribution is -0.141. The maximum Gasteiger partial charge on any atom is 0.306 e. The molecule has 0 aromatic rings. The molecule has 0 aromatic heterocycles. The van der Waals surface area contributed by atoms with E-state index in [1.54, 1.807) is 0 Å². The maximum absolute atomic E-state index is 10.3. The van der Waals surface area contributed by atoms with Crippen molar-refractivity contribution in [2.75, 3.05) is 6.61 Å². The first-order valence-corrected chi connectivity index (χ1v) is 3.35. The van der Waals surface area contributed by atoms with E-state index in [2.05, 4.69) is 6.92 Å². The minimum atomic E-state index is -0.816. The summed E-state index contributed by atoms with van der Waals surface area (Å²) in [5.41, 5.74) is 0. The van der Waals surface area contributed by atoms with Crippen LogP contribution in [0.1, 0.15) is 19.3 Å². The number of hydrogen-bond acceptors (Lipinski definition) is 2. The van der Waals surface area contributed by atoms with Crippen molar-refractivity contribution in [3.05, 3.63) is 6.92 Å². The van der Waals surface area contributed by atoms with Crippen LogP contribution in [0.2, 0.25) is 0 Å². The Bertz CT molecular complexity index is 101. The van der Waals surface area contributed by atoms with Gasteiger partial charge < -0.3 is 10.2 Å². The van der Waals surface area contributed by atoms with Gasteiger partial charge in [-0.3, -0.25) is 4.79 Å². The zero-order chi connectivity index (χ0) is 7.98. The van der Waals surface area contributed by atoms with E-state index in [0.29, 0.717) is 19.3 Å². The van der Waals surface area contributed by atoms with E-state index in [9.17, 15) is 4.79 Å². The van der Waals surface area contributed by atoms with Crippen LogP contribution >= 0.6 is 0 Å². The largest absolute Gasteiger partial charge is 0.481 e. The molecule has 0 aliphatic rings. The first-order valence-electron chi connectivity index (χ1n) is 3.35. The molecule has 0 aliphatic heterocycles. The van der Waals surface area contributed by atoms with Crippen molar-refractivity contribution in [3.8, 4) is 0 Å². The monoisotopic (exact) mass is 145 g/mol. The molecule has 0 aliphatic carbocycles. The fourth-order valence-electron chi connectivity index (χ4n) is 0.729. The summed E-state index contributed by atoms with van der Waals surface area (Å²) in [6.45, 7) is 3.56. The molecule has 10 heavy (non-hydrogen) atoms. The summed E-state index contributed by atoms with van der Waals surface area (Å²) in [6, 6.07) is 0. The van der Waals surface area contributed by atoms with Crippen molar-refractivity contribution in [1.82, 2.24) is 0 Å². The molecule has 0 bridgehead atoms. The number of hydrogen-bond donors (Lipinski definition) is 2. The highest BCUT2D eigenvalue weighted by molar-refractivity contribution is 5.69. The molecule has 0 rings (SSSR count). The molecule has 3 nitrogen and oxygen atoms in total. The fourth-order valence-corrected chi connectivity index (χ4v) is 0.729. The summed E-state index contributed by atoms with van der Waals surface area (Å²) in [6.07, 6.45) is 1.47. The van der Waals surface area contributed by atoms with Gasteiger partial charge in [-0.1, -0.05) is 6.92 Å². The Labute approximate surface area is 60.7 Å². The quantitative estimate of drug-likeness (QED) is 0.598. The van der Waals surface area contributed by atoms with Gasteiger partial charge in [0.25, 0.3) is 0 Å². The SMILES string of the molecule is [CH2]CC(CCCO)C(=O)O. The topological polar surface area (TPSA) is 57.5 Å². The summed E-state index contributed by atoms with van der Waals surface area (Å²) >= 11 is 0. The lowest BCUT2D eigenvalue weighted by Gasteiger charge is -2.06. The van der Waals surface area contributed by atoms with E-state index < -0.39 is 5.97 Å². The normalized spacial score (nSPS) is 13.0. The van der Waals surface area contributed by atoms with Gasteiger partial charge in [-0.25, -0.2) is 0 Å². The van der Waals surface area contributed by atoms with Crippen molar-refractivity contribution in [1.29, 1.82) is 0 Å². The molecule has 0 saturated carbocycles. The van der Waals surface area contributed by atoms with Crippen LogP contribution in [0.25, 0.3) is 0 Å². The van der Waals surface area contributed by atoms with Gasteiger partial charge >= 0.3 is 5.97 Å². The van der Waals surface area contributed by atoms with Gasteiger partial charge in [-0.15, -0.1) is 0 Å². The van der Waals surface area contributed by atoms with Crippen molar-refractivity contribution < 1.29 is 15.0 Å². The van der Waals surface area contributed by atoms with Crippen LogP contribution in [0, 0.1) is 12.8 Å². The Hall–Kier alpha value is -0.570. The number of carboxylic acids is 1. The van der Waals surface area contributed by atoms with Crippen LogP contribution in [-0.2, 0) is 4.79 Å². The second-order valence-corrected chi connectivity index (χ2v) is 2.19. The van der Waals surface area contributed by atoms with Crippen LogP contribution in [0.4, 0.5) is 0 Å². The third kappa shape index (κ3) is 3.45. The molecule has 0 heterocycles. The van der Waals surface area contributed by atoms with E-state index in [0.717, 1.165) is 0 Å². The number of rotatable bonds is 5. The van der Waals surface area contributed by atoms with Gasteiger partial charge in [-0.2, -0.15) is 0 Å². The number of carbonyl (C=O) groups is 1. The number of aliphatic hydroxyl groups excluding tert-OH is 1. The predicted octanol–water partition coefficient (Wildman–Crippen LogP) is 0.684. The Morgan fingerprint density at radius 2 is 2.20 bits per heavy atom. The fraction of sp³-hybridized carbons (Fsp3) is 0.714. The van der Waals surface area contributed by atoms with Crippen molar-refractivity contribution >= 4 is 5.97 Å². The molecule has 0 fully saturated rings. The molecule has 59 valence electrons. The van der Waals surface area contributed by atoms with Gasteiger partial charge in [0.2, 0.25) is 0 Å². The van der Waals surface area contributed by atoms with Crippen LogP contribution in [0.3, 0.4) is 0 Å². The molecular formula is C7H13O3. The third-order valence-electron chi connectivity index (χ3n) is 1.41. The molecular weight excluding hydrogens is 132 g/mol. The second-order valence-electron chi connectivity index (χ2n) is 2.19. The van der Waals surface area contributed by atoms with E-state index in [1.807, 2.05) is 0 Å². The van der Waals surface area contributed by atoms with E-state index >= 15 is 0 Å². The van der Waals surface area contributed by atoms with Crippen LogP contribution in [-0.4, -0.2) is 22.8 Å². The molecule has 1 unspecified atom stereocenters. The van der Waals surface area contributed by atoms with Crippen molar-refractivity contribution in [2.45, 2.75) is 19.3 Å². The highest BCUT2D eigenvalue weighted by Crippen LogP contribution is 2.09. The zero-order valence-corrected chi connectivity index (χ0v) is 5.92. The molecule has 3 heteroatoms.